The highest BCUT2D eigenvalue weighted by atomic mass is 79.9. The van der Waals surface area contributed by atoms with Crippen molar-refractivity contribution < 1.29 is 8.42 Å². The van der Waals surface area contributed by atoms with Crippen LogP contribution in [0.5, 0.6) is 0 Å². The van der Waals surface area contributed by atoms with E-state index in [4.69, 9.17) is 5.73 Å². The summed E-state index contributed by atoms with van der Waals surface area (Å²) in [5, 5.41) is 0. The Hall–Kier alpha value is -1.53. The van der Waals surface area contributed by atoms with Gasteiger partial charge < -0.3 is 5.73 Å². The molecule has 2 aromatic rings. The molecule has 0 radical (unpaired) electrons. The fourth-order valence-electron chi connectivity index (χ4n) is 1.57. The van der Waals surface area contributed by atoms with E-state index in [-0.39, 0.29) is 4.90 Å². The Morgan fingerprint density at radius 1 is 1.11 bits per heavy atom. The molecule has 0 bridgehead atoms. The van der Waals surface area contributed by atoms with Gasteiger partial charge >= 0.3 is 0 Å². The molecule has 3 N–H and O–H groups in total. The molecule has 0 aliphatic heterocycles. The molecule has 2 rings (SSSR count). The van der Waals surface area contributed by atoms with E-state index in [9.17, 15) is 8.42 Å². The third-order valence-electron chi connectivity index (χ3n) is 2.60. The number of hydrogen-bond acceptors (Lipinski definition) is 3. The number of hydrogen-bond donors (Lipinski definition) is 2. The number of nitrogen functional groups attached to an aromatic ring is 1. The third-order valence-corrected chi connectivity index (χ3v) is 4.89. The highest BCUT2D eigenvalue weighted by Crippen LogP contribution is 2.22. The van der Waals surface area contributed by atoms with Crippen molar-refractivity contribution in [2.75, 3.05) is 10.5 Å². The number of rotatable bonds is 3. The summed E-state index contributed by atoms with van der Waals surface area (Å²) >= 11 is 3.37. The first-order valence-electron chi connectivity index (χ1n) is 5.53. The Morgan fingerprint density at radius 2 is 1.74 bits per heavy atom. The molecule has 0 fully saturated rings. The quantitative estimate of drug-likeness (QED) is 0.843. The van der Waals surface area contributed by atoms with Gasteiger partial charge in [0.15, 0.2) is 0 Å². The molecule has 6 heteroatoms. The zero-order valence-corrected chi connectivity index (χ0v) is 12.6. The summed E-state index contributed by atoms with van der Waals surface area (Å²) < 4.78 is 27.8. The first-order valence-corrected chi connectivity index (χ1v) is 7.80. The molecule has 2 aromatic carbocycles. The standard InChI is InChI=1S/C13H13BrN2O2S/c1-9-8-11(4-7-13(9)14)16-19(17,18)12-5-2-10(15)3-6-12/h2-8,16H,15H2,1H3. The molecule has 19 heavy (non-hydrogen) atoms. The van der Waals surface area contributed by atoms with E-state index in [1.807, 2.05) is 6.92 Å². The van der Waals surface area contributed by atoms with Gasteiger partial charge in [0.2, 0.25) is 0 Å². The van der Waals surface area contributed by atoms with E-state index in [0.29, 0.717) is 11.4 Å². The van der Waals surface area contributed by atoms with E-state index in [2.05, 4.69) is 20.7 Å². The van der Waals surface area contributed by atoms with Crippen molar-refractivity contribution in [2.24, 2.45) is 0 Å². The van der Waals surface area contributed by atoms with Gasteiger partial charge in [-0.1, -0.05) is 15.9 Å². The zero-order valence-electron chi connectivity index (χ0n) is 10.2. The maximum atomic E-state index is 12.1. The van der Waals surface area contributed by atoms with Gasteiger partial charge in [0.05, 0.1) is 4.90 Å². The normalized spacial score (nSPS) is 11.3. The minimum atomic E-state index is -3.58. The minimum Gasteiger partial charge on any atom is -0.399 e. The molecule has 100 valence electrons. The summed E-state index contributed by atoms with van der Waals surface area (Å²) in [6.45, 7) is 1.89. The van der Waals surface area contributed by atoms with Crippen molar-refractivity contribution in [3.05, 3.63) is 52.5 Å². The van der Waals surface area contributed by atoms with E-state index in [0.717, 1.165) is 10.0 Å². The monoisotopic (exact) mass is 340 g/mol. The number of anilines is 2. The van der Waals surface area contributed by atoms with Gasteiger partial charge in [-0.2, -0.15) is 0 Å². The van der Waals surface area contributed by atoms with E-state index >= 15 is 0 Å². The number of nitrogens with two attached hydrogens (primary N) is 1. The molecule has 0 unspecified atom stereocenters. The molecule has 0 heterocycles. The third kappa shape index (κ3) is 3.27. The molecule has 0 aliphatic rings. The molecule has 0 aromatic heterocycles. The first-order chi connectivity index (χ1) is 8.88. The summed E-state index contributed by atoms with van der Waals surface area (Å²) in [4.78, 5) is 0.183. The highest BCUT2D eigenvalue weighted by molar-refractivity contribution is 9.10. The van der Waals surface area contributed by atoms with Gasteiger partial charge in [-0.25, -0.2) is 8.42 Å². The van der Waals surface area contributed by atoms with Crippen molar-refractivity contribution >= 4 is 37.3 Å². The number of aryl methyl sites for hydroxylation is 1. The maximum Gasteiger partial charge on any atom is 0.261 e. The van der Waals surface area contributed by atoms with Crippen molar-refractivity contribution in [1.29, 1.82) is 0 Å². The van der Waals surface area contributed by atoms with Crippen LogP contribution in [0.1, 0.15) is 5.56 Å². The minimum absolute atomic E-state index is 0.183. The molecule has 0 atom stereocenters. The van der Waals surface area contributed by atoms with Crippen molar-refractivity contribution in [3.8, 4) is 0 Å². The van der Waals surface area contributed by atoms with Gasteiger partial charge in [0, 0.05) is 15.8 Å². The van der Waals surface area contributed by atoms with Crippen LogP contribution in [0, 0.1) is 6.92 Å². The summed E-state index contributed by atoms with van der Waals surface area (Å²) in [7, 11) is -3.58. The van der Waals surface area contributed by atoms with E-state index in [1.54, 1.807) is 30.3 Å². The first kappa shape index (κ1) is 13.9. The van der Waals surface area contributed by atoms with Crippen LogP contribution in [0.4, 0.5) is 11.4 Å². The number of benzene rings is 2. The smallest absolute Gasteiger partial charge is 0.261 e. The molecule has 0 saturated heterocycles. The second kappa shape index (κ2) is 5.22. The average Bonchev–Trinajstić information content (AvgIpc) is 2.34. The maximum absolute atomic E-state index is 12.1. The molecule has 0 aliphatic carbocycles. The molecule has 0 spiro atoms. The molecule has 0 amide bonds. The molecular weight excluding hydrogens is 328 g/mol. The highest BCUT2D eigenvalue weighted by Gasteiger charge is 2.14. The van der Waals surface area contributed by atoms with Crippen LogP contribution in [0.25, 0.3) is 0 Å². The van der Waals surface area contributed by atoms with E-state index in [1.165, 1.54) is 12.1 Å². The van der Waals surface area contributed by atoms with Crippen molar-refractivity contribution in [1.82, 2.24) is 0 Å². The lowest BCUT2D eigenvalue weighted by Gasteiger charge is -2.09. The Morgan fingerprint density at radius 3 is 2.32 bits per heavy atom. The Labute approximate surface area is 120 Å². The predicted molar refractivity (Wildman–Crippen MR) is 80.5 cm³/mol. The Balaban J connectivity index is 2.30. The number of sulfonamides is 1. The largest absolute Gasteiger partial charge is 0.399 e. The van der Waals surface area contributed by atoms with Crippen LogP contribution in [0.3, 0.4) is 0 Å². The predicted octanol–water partition coefficient (Wildman–Crippen LogP) is 3.14. The van der Waals surface area contributed by atoms with Gasteiger partial charge in [-0.3, -0.25) is 4.72 Å². The van der Waals surface area contributed by atoms with Crippen molar-refractivity contribution in [2.45, 2.75) is 11.8 Å². The van der Waals surface area contributed by atoms with Crippen LogP contribution < -0.4 is 10.5 Å². The Kier molecular flexibility index (Phi) is 3.82. The second-order valence-corrected chi connectivity index (χ2v) is 6.68. The number of nitrogens with one attached hydrogen (secondary N) is 1. The van der Waals surface area contributed by atoms with Crippen LogP contribution in [-0.4, -0.2) is 8.42 Å². The van der Waals surface area contributed by atoms with Gasteiger partial charge in [0.25, 0.3) is 10.0 Å². The molecular formula is C13H13BrN2O2S. The fraction of sp³-hybridized carbons (Fsp3) is 0.0769. The molecule has 4 nitrogen and oxygen atoms in total. The Bertz CT molecular complexity index is 697. The van der Waals surface area contributed by atoms with Gasteiger partial charge in [-0.05, 0) is 55.0 Å². The summed E-state index contributed by atoms with van der Waals surface area (Å²) in [5.41, 5.74) is 7.55. The topological polar surface area (TPSA) is 72.2 Å². The lowest BCUT2D eigenvalue weighted by Crippen LogP contribution is -2.13. The van der Waals surface area contributed by atoms with Crippen LogP contribution in [0.15, 0.2) is 51.8 Å². The van der Waals surface area contributed by atoms with Crippen molar-refractivity contribution in [3.63, 3.8) is 0 Å². The van der Waals surface area contributed by atoms with Crippen LogP contribution in [-0.2, 0) is 10.0 Å². The SMILES string of the molecule is Cc1cc(NS(=O)(=O)c2ccc(N)cc2)ccc1Br. The van der Waals surface area contributed by atoms with Crippen LogP contribution >= 0.6 is 15.9 Å². The lowest BCUT2D eigenvalue weighted by molar-refractivity contribution is 0.601. The summed E-state index contributed by atoms with van der Waals surface area (Å²) in [5.74, 6) is 0. The summed E-state index contributed by atoms with van der Waals surface area (Å²) in [6.07, 6.45) is 0. The van der Waals surface area contributed by atoms with Gasteiger partial charge in [-0.15, -0.1) is 0 Å². The average molecular weight is 341 g/mol. The van der Waals surface area contributed by atoms with E-state index < -0.39 is 10.0 Å². The zero-order chi connectivity index (χ0) is 14.0. The van der Waals surface area contributed by atoms with Crippen LogP contribution in [0.2, 0.25) is 0 Å². The number of halogens is 1. The summed E-state index contributed by atoms with van der Waals surface area (Å²) in [6, 6.07) is 11.3. The van der Waals surface area contributed by atoms with Gasteiger partial charge in [0.1, 0.15) is 0 Å². The molecule has 0 saturated carbocycles. The fourth-order valence-corrected chi connectivity index (χ4v) is 2.87. The second-order valence-electron chi connectivity index (χ2n) is 4.14. The lowest BCUT2D eigenvalue weighted by atomic mass is 10.2.